The van der Waals surface area contributed by atoms with Gasteiger partial charge in [-0.25, -0.2) is 9.59 Å². The fourth-order valence-electron chi connectivity index (χ4n) is 4.58. The van der Waals surface area contributed by atoms with Crippen molar-refractivity contribution in [2.45, 2.75) is 17.5 Å². The molecule has 0 radical (unpaired) electrons. The standard InChI is InChI=1S/C26H22N6O9S/c27-26(40)41-9-12-10-42-24-18(23(37)32(24)19(12)25(38)39)31-22(36)16(11-3-5-13(33)6-4-11)30-21(35)14-8-29-15-2-1-7-28-17(15)20(14)34/h1-8,16,18,24,33H,9-10H2,(H2,27,40)(H,29,34)(H,30,35)(H,31,36)(H,38,39)/t16?,18?,24-/m0/s1. The molecule has 1 aromatic carbocycles. The molecule has 0 spiro atoms. The molecule has 15 nitrogen and oxygen atoms in total. The van der Waals surface area contributed by atoms with Gasteiger partial charge in [-0.3, -0.25) is 29.1 Å². The van der Waals surface area contributed by atoms with Gasteiger partial charge < -0.3 is 36.3 Å². The number of benzene rings is 1. The lowest BCUT2D eigenvalue weighted by Crippen LogP contribution is -2.71. The minimum absolute atomic E-state index is 0.0214. The molecule has 3 atom stereocenters. The molecule has 1 saturated heterocycles. The number of aromatic amines is 1. The summed E-state index contributed by atoms with van der Waals surface area (Å²) in [4.78, 5) is 83.4. The maximum Gasteiger partial charge on any atom is 0.404 e. The number of primary amides is 1. The fourth-order valence-corrected chi connectivity index (χ4v) is 5.91. The van der Waals surface area contributed by atoms with E-state index in [1.807, 2.05) is 0 Å². The molecule has 2 aliphatic heterocycles. The number of rotatable bonds is 8. The first-order chi connectivity index (χ1) is 20.1. The number of nitrogens with two attached hydrogens (primary N) is 1. The summed E-state index contributed by atoms with van der Waals surface area (Å²) in [7, 11) is 0. The van der Waals surface area contributed by atoms with Gasteiger partial charge in [0.25, 0.3) is 11.8 Å². The number of carbonyl (C=O) groups is 5. The summed E-state index contributed by atoms with van der Waals surface area (Å²) >= 11 is 1.14. The molecular formula is C26H22N6O9S. The summed E-state index contributed by atoms with van der Waals surface area (Å²) in [6.07, 6.45) is 1.48. The molecule has 4 amide bonds. The predicted molar refractivity (Wildman–Crippen MR) is 146 cm³/mol. The van der Waals surface area contributed by atoms with Crippen LogP contribution >= 0.6 is 11.8 Å². The van der Waals surface area contributed by atoms with Crippen molar-refractivity contribution in [3.63, 3.8) is 0 Å². The van der Waals surface area contributed by atoms with E-state index in [1.54, 1.807) is 12.1 Å². The lowest BCUT2D eigenvalue weighted by atomic mass is 10.0. The van der Waals surface area contributed by atoms with Crippen molar-refractivity contribution < 1.29 is 38.9 Å². The summed E-state index contributed by atoms with van der Waals surface area (Å²) in [5.74, 6) is -3.92. The van der Waals surface area contributed by atoms with E-state index in [0.717, 1.165) is 16.7 Å². The van der Waals surface area contributed by atoms with E-state index in [2.05, 4.69) is 20.6 Å². The number of carbonyl (C=O) groups excluding carboxylic acids is 4. The Morgan fingerprint density at radius 2 is 1.93 bits per heavy atom. The van der Waals surface area contributed by atoms with Gasteiger partial charge in [-0.15, -0.1) is 11.8 Å². The number of H-pyrrole nitrogens is 1. The quantitative estimate of drug-likeness (QED) is 0.189. The molecule has 5 rings (SSSR count). The van der Waals surface area contributed by atoms with Gasteiger partial charge in [-0.2, -0.15) is 0 Å². The SMILES string of the molecule is NC(=O)OCC1=C(C(=O)O)N2C(=O)C(NC(=O)C(NC(=O)c3c[nH]c4cccnc4c3=O)c3ccc(O)cc3)[C@@H]2SC1. The first-order valence-electron chi connectivity index (χ1n) is 12.3. The van der Waals surface area contributed by atoms with E-state index < -0.39 is 59.3 Å². The number of aliphatic carboxylic acids is 1. The third-order valence-corrected chi connectivity index (χ3v) is 7.92. The Balaban J connectivity index is 1.39. The molecule has 4 heterocycles. The Labute approximate surface area is 239 Å². The van der Waals surface area contributed by atoms with Crippen molar-refractivity contribution in [3.8, 4) is 5.75 Å². The molecular weight excluding hydrogens is 572 g/mol. The number of amides is 4. The first-order valence-corrected chi connectivity index (χ1v) is 13.3. The Morgan fingerprint density at radius 3 is 2.62 bits per heavy atom. The van der Waals surface area contributed by atoms with Gasteiger partial charge in [0.2, 0.25) is 11.3 Å². The van der Waals surface area contributed by atoms with Crippen molar-refractivity contribution in [2.24, 2.45) is 5.73 Å². The van der Waals surface area contributed by atoms with Crippen LogP contribution in [0.5, 0.6) is 5.75 Å². The number of aromatic nitrogens is 2. The molecule has 2 aromatic heterocycles. The molecule has 16 heteroatoms. The van der Waals surface area contributed by atoms with Crippen molar-refractivity contribution in [1.29, 1.82) is 0 Å². The van der Waals surface area contributed by atoms with Gasteiger partial charge in [0.1, 0.15) is 46.6 Å². The van der Waals surface area contributed by atoms with Crippen LogP contribution < -0.4 is 21.8 Å². The van der Waals surface area contributed by atoms with Crippen LogP contribution in [-0.4, -0.2) is 78.6 Å². The van der Waals surface area contributed by atoms with E-state index >= 15 is 0 Å². The Hall–Kier alpha value is -5.38. The van der Waals surface area contributed by atoms with Crippen molar-refractivity contribution in [2.75, 3.05) is 12.4 Å². The van der Waals surface area contributed by atoms with Crippen LogP contribution in [0.1, 0.15) is 22.0 Å². The molecule has 2 unspecified atom stereocenters. The van der Waals surface area contributed by atoms with E-state index in [0.29, 0.717) is 5.52 Å². The van der Waals surface area contributed by atoms with Gasteiger partial charge in [0.05, 0.1) is 5.52 Å². The van der Waals surface area contributed by atoms with Crippen molar-refractivity contribution in [1.82, 2.24) is 25.5 Å². The van der Waals surface area contributed by atoms with Gasteiger partial charge in [-0.05, 0) is 29.8 Å². The minimum atomic E-state index is -1.43. The normalized spacial score (nSPS) is 18.5. The molecule has 42 heavy (non-hydrogen) atoms. The number of phenolic OH excluding ortho intramolecular Hbond substituents is 1. The highest BCUT2D eigenvalue weighted by Gasteiger charge is 2.54. The second-order valence-electron chi connectivity index (χ2n) is 9.19. The number of thioether (sulfide) groups is 1. The zero-order valence-electron chi connectivity index (χ0n) is 21.4. The molecule has 216 valence electrons. The number of β-lactam (4-membered cyclic amide) rings is 1. The summed E-state index contributed by atoms with van der Waals surface area (Å²) < 4.78 is 4.70. The third kappa shape index (κ3) is 5.22. The number of nitrogens with zero attached hydrogens (tertiary/aromatic N) is 2. The van der Waals surface area contributed by atoms with Gasteiger partial charge in [-0.1, -0.05) is 12.1 Å². The molecule has 0 aliphatic carbocycles. The van der Waals surface area contributed by atoms with Crippen LogP contribution in [0.25, 0.3) is 11.0 Å². The number of phenols is 1. The summed E-state index contributed by atoms with van der Waals surface area (Å²) in [6.45, 7) is -0.421. The number of fused-ring (bicyclic) bond motifs is 2. The second-order valence-corrected chi connectivity index (χ2v) is 10.3. The molecule has 0 saturated carbocycles. The molecule has 7 N–H and O–H groups in total. The average molecular weight is 595 g/mol. The van der Waals surface area contributed by atoms with Crippen LogP contribution in [-0.2, 0) is 19.1 Å². The number of aromatic hydroxyl groups is 1. The highest BCUT2D eigenvalue weighted by molar-refractivity contribution is 8.00. The van der Waals surface area contributed by atoms with E-state index in [-0.39, 0.29) is 39.4 Å². The number of hydrogen-bond donors (Lipinski definition) is 6. The third-order valence-electron chi connectivity index (χ3n) is 6.58. The maximum atomic E-state index is 13.5. The van der Waals surface area contributed by atoms with Crippen LogP contribution in [0.4, 0.5) is 4.79 Å². The Morgan fingerprint density at radius 1 is 1.19 bits per heavy atom. The highest BCUT2D eigenvalue weighted by atomic mass is 32.2. The zero-order chi connectivity index (χ0) is 30.1. The maximum absolute atomic E-state index is 13.5. The Bertz CT molecular complexity index is 1720. The highest BCUT2D eigenvalue weighted by Crippen LogP contribution is 2.40. The first kappa shape index (κ1) is 28.2. The van der Waals surface area contributed by atoms with Crippen molar-refractivity contribution in [3.05, 3.63) is 81.4 Å². The van der Waals surface area contributed by atoms with Crippen LogP contribution in [0.2, 0.25) is 0 Å². The number of carboxylic acids is 1. The Kier molecular flexibility index (Phi) is 7.54. The van der Waals surface area contributed by atoms with Gasteiger partial charge >= 0.3 is 12.1 Å². The monoisotopic (exact) mass is 594 g/mol. The molecule has 3 aromatic rings. The zero-order valence-corrected chi connectivity index (χ0v) is 22.2. The number of carboxylic acid groups (broad SMARTS) is 1. The van der Waals surface area contributed by atoms with Crippen molar-refractivity contribution >= 4 is 52.6 Å². The van der Waals surface area contributed by atoms with Crippen LogP contribution in [0.3, 0.4) is 0 Å². The van der Waals surface area contributed by atoms with Crippen LogP contribution in [0, 0.1) is 0 Å². The second kappa shape index (κ2) is 11.2. The minimum Gasteiger partial charge on any atom is -0.508 e. The van der Waals surface area contributed by atoms with E-state index in [9.17, 15) is 39.0 Å². The number of hydrogen-bond acceptors (Lipinski definition) is 10. The summed E-state index contributed by atoms with van der Waals surface area (Å²) in [5, 5.41) is 23.7. The predicted octanol–water partition coefficient (Wildman–Crippen LogP) is -0.0663. The largest absolute Gasteiger partial charge is 0.508 e. The number of pyridine rings is 2. The molecule has 1 fully saturated rings. The van der Waals surface area contributed by atoms with Gasteiger partial charge in [0, 0.05) is 23.7 Å². The van der Waals surface area contributed by atoms with E-state index in [1.165, 1.54) is 36.7 Å². The topological polar surface area (TPSA) is 234 Å². The smallest absolute Gasteiger partial charge is 0.404 e. The number of ether oxygens (including phenoxy) is 1. The number of nitrogens with one attached hydrogen (secondary N) is 3. The van der Waals surface area contributed by atoms with Gasteiger partial charge in [0.15, 0.2) is 0 Å². The summed E-state index contributed by atoms with van der Waals surface area (Å²) in [6, 6.07) is 6.00. The van der Waals surface area contributed by atoms with E-state index in [4.69, 9.17) is 10.5 Å². The lowest BCUT2D eigenvalue weighted by molar-refractivity contribution is -0.151. The lowest BCUT2D eigenvalue weighted by Gasteiger charge is -2.49. The van der Waals surface area contributed by atoms with Crippen LogP contribution in [0.15, 0.2) is 64.9 Å². The fraction of sp³-hybridized carbons (Fsp3) is 0.192. The molecule has 0 bridgehead atoms. The average Bonchev–Trinajstić information content (AvgIpc) is 2.97. The molecule has 2 aliphatic rings. The summed E-state index contributed by atoms with van der Waals surface area (Å²) in [5.41, 5.74) is 4.43.